The number of hydrogen-bond acceptors (Lipinski definition) is 3. The molecule has 3 N–H and O–H groups in total. The zero-order valence-electron chi connectivity index (χ0n) is 6.82. The molecule has 1 rings (SSSR count). The molecule has 3 nitrogen and oxygen atoms in total. The summed E-state index contributed by atoms with van der Waals surface area (Å²) in [5, 5.41) is 2.99. The smallest absolute Gasteiger partial charge is 0.0965 e. The SMILES string of the molecule is CC(N)C(=S)Nc1cccnc1. The minimum absolute atomic E-state index is 0.125. The van der Waals surface area contributed by atoms with Crippen LogP contribution >= 0.6 is 12.2 Å². The number of aromatic nitrogens is 1. The summed E-state index contributed by atoms with van der Waals surface area (Å²) in [7, 11) is 0. The molecule has 64 valence electrons. The van der Waals surface area contributed by atoms with Crippen LogP contribution in [0.4, 0.5) is 5.69 Å². The number of pyridine rings is 1. The molecule has 1 atom stereocenters. The van der Waals surface area contributed by atoms with Gasteiger partial charge in [0.15, 0.2) is 0 Å². The van der Waals surface area contributed by atoms with Crippen LogP contribution in [0.3, 0.4) is 0 Å². The van der Waals surface area contributed by atoms with Crippen molar-refractivity contribution in [2.24, 2.45) is 5.73 Å². The van der Waals surface area contributed by atoms with E-state index in [1.165, 1.54) is 0 Å². The molecule has 0 spiro atoms. The number of thiocarbonyl (C=S) groups is 1. The predicted octanol–water partition coefficient (Wildman–Crippen LogP) is 1.17. The van der Waals surface area contributed by atoms with Crippen LogP contribution in [-0.4, -0.2) is 16.0 Å². The Kier molecular flexibility index (Phi) is 3.13. The van der Waals surface area contributed by atoms with Gasteiger partial charge in [0.05, 0.1) is 22.9 Å². The lowest BCUT2D eigenvalue weighted by Gasteiger charge is -2.09. The number of nitrogens with one attached hydrogen (secondary N) is 1. The summed E-state index contributed by atoms with van der Waals surface area (Å²) < 4.78 is 0. The second-order valence-electron chi connectivity index (χ2n) is 2.52. The summed E-state index contributed by atoms with van der Waals surface area (Å²) in [6.45, 7) is 1.84. The Hall–Kier alpha value is -1.00. The molecule has 1 aromatic heterocycles. The quantitative estimate of drug-likeness (QED) is 0.672. The van der Waals surface area contributed by atoms with Crippen molar-refractivity contribution in [3.8, 4) is 0 Å². The topological polar surface area (TPSA) is 50.9 Å². The molecule has 0 aliphatic rings. The molecule has 0 saturated heterocycles. The van der Waals surface area contributed by atoms with Gasteiger partial charge in [-0.1, -0.05) is 12.2 Å². The van der Waals surface area contributed by atoms with E-state index in [1.54, 1.807) is 12.4 Å². The molecular formula is C8H11N3S. The Morgan fingerprint density at radius 3 is 3.00 bits per heavy atom. The van der Waals surface area contributed by atoms with E-state index in [2.05, 4.69) is 10.3 Å². The average Bonchev–Trinajstić information content (AvgIpc) is 2.06. The molecule has 0 fully saturated rings. The van der Waals surface area contributed by atoms with Gasteiger partial charge in [0.2, 0.25) is 0 Å². The summed E-state index contributed by atoms with van der Waals surface area (Å²) in [4.78, 5) is 4.56. The van der Waals surface area contributed by atoms with E-state index in [1.807, 2.05) is 19.1 Å². The fraction of sp³-hybridized carbons (Fsp3) is 0.250. The van der Waals surface area contributed by atoms with Crippen molar-refractivity contribution in [1.82, 2.24) is 4.98 Å². The highest BCUT2D eigenvalue weighted by Gasteiger charge is 2.01. The van der Waals surface area contributed by atoms with Gasteiger partial charge in [0.1, 0.15) is 0 Å². The van der Waals surface area contributed by atoms with Crippen molar-refractivity contribution in [3.63, 3.8) is 0 Å². The van der Waals surface area contributed by atoms with Crippen molar-refractivity contribution in [2.75, 3.05) is 5.32 Å². The second-order valence-corrected chi connectivity index (χ2v) is 2.96. The molecule has 0 aliphatic heterocycles. The lowest BCUT2D eigenvalue weighted by molar-refractivity contribution is 0.987. The fourth-order valence-corrected chi connectivity index (χ4v) is 0.811. The van der Waals surface area contributed by atoms with E-state index in [9.17, 15) is 0 Å². The van der Waals surface area contributed by atoms with Gasteiger partial charge < -0.3 is 11.1 Å². The highest BCUT2D eigenvalue weighted by molar-refractivity contribution is 7.80. The minimum atomic E-state index is -0.125. The molecular weight excluding hydrogens is 170 g/mol. The zero-order valence-corrected chi connectivity index (χ0v) is 7.64. The first-order valence-corrected chi connectivity index (χ1v) is 4.07. The maximum Gasteiger partial charge on any atom is 0.0965 e. The van der Waals surface area contributed by atoms with Crippen molar-refractivity contribution in [2.45, 2.75) is 13.0 Å². The first kappa shape index (κ1) is 9.09. The third-order valence-electron chi connectivity index (χ3n) is 1.34. The fourth-order valence-electron chi connectivity index (χ4n) is 0.693. The number of hydrogen-bond donors (Lipinski definition) is 2. The van der Waals surface area contributed by atoms with E-state index in [0.717, 1.165) is 5.69 Å². The molecule has 0 aliphatic carbocycles. The number of nitrogens with two attached hydrogens (primary N) is 1. The van der Waals surface area contributed by atoms with Crippen LogP contribution < -0.4 is 11.1 Å². The standard InChI is InChI=1S/C8H11N3S/c1-6(9)8(12)11-7-3-2-4-10-5-7/h2-6H,9H2,1H3,(H,11,12). The maximum atomic E-state index is 5.56. The van der Waals surface area contributed by atoms with Crippen molar-refractivity contribution >= 4 is 22.9 Å². The van der Waals surface area contributed by atoms with Gasteiger partial charge in [0, 0.05) is 6.20 Å². The lowest BCUT2D eigenvalue weighted by atomic mass is 10.3. The van der Waals surface area contributed by atoms with Gasteiger partial charge in [-0.25, -0.2) is 0 Å². The third-order valence-corrected chi connectivity index (χ3v) is 1.82. The Morgan fingerprint density at radius 2 is 2.50 bits per heavy atom. The number of rotatable bonds is 2. The van der Waals surface area contributed by atoms with E-state index in [4.69, 9.17) is 18.0 Å². The highest BCUT2D eigenvalue weighted by Crippen LogP contribution is 2.03. The Morgan fingerprint density at radius 1 is 1.75 bits per heavy atom. The van der Waals surface area contributed by atoms with Gasteiger partial charge in [-0.2, -0.15) is 0 Å². The van der Waals surface area contributed by atoms with Gasteiger partial charge in [-0.15, -0.1) is 0 Å². The van der Waals surface area contributed by atoms with Crippen LogP contribution in [-0.2, 0) is 0 Å². The van der Waals surface area contributed by atoms with Crippen molar-refractivity contribution in [1.29, 1.82) is 0 Å². The Labute approximate surface area is 77.0 Å². The molecule has 4 heteroatoms. The second kappa shape index (κ2) is 4.13. The normalized spacial score (nSPS) is 12.2. The van der Waals surface area contributed by atoms with Gasteiger partial charge in [0.25, 0.3) is 0 Å². The van der Waals surface area contributed by atoms with Crippen LogP contribution in [0, 0.1) is 0 Å². The molecule has 1 unspecified atom stereocenters. The first-order valence-electron chi connectivity index (χ1n) is 3.66. The van der Waals surface area contributed by atoms with Crippen molar-refractivity contribution < 1.29 is 0 Å². The zero-order chi connectivity index (χ0) is 8.97. The van der Waals surface area contributed by atoms with Crippen molar-refractivity contribution in [3.05, 3.63) is 24.5 Å². The van der Waals surface area contributed by atoms with Crippen LogP contribution in [0.5, 0.6) is 0 Å². The Bertz CT molecular complexity index is 258. The summed E-state index contributed by atoms with van der Waals surface area (Å²) in [5.41, 5.74) is 6.43. The van der Waals surface area contributed by atoms with Crippen LogP contribution in [0.2, 0.25) is 0 Å². The van der Waals surface area contributed by atoms with E-state index >= 15 is 0 Å². The number of nitrogens with zero attached hydrogens (tertiary/aromatic N) is 1. The molecule has 0 bridgehead atoms. The minimum Gasteiger partial charge on any atom is -0.347 e. The largest absolute Gasteiger partial charge is 0.347 e. The highest BCUT2D eigenvalue weighted by atomic mass is 32.1. The average molecular weight is 181 g/mol. The van der Waals surface area contributed by atoms with Gasteiger partial charge in [-0.3, -0.25) is 4.98 Å². The first-order chi connectivity index (χ1) is 5.70. The molecule has 0 saturated carbocycles. The summed E-state index contributed by atoms with van der Waals surface area (Å²) in [6.07, 6.45) is 3.41. The molecule has 1 heterocycles. The summed E-state index contributed by atoms with van der Waals surface area (Å²) in [5.74, 6) is 0. The Balaban J connectivity index is 2.59. The van der Waals surface area contributed by atoms with Crippen LogP contribution in [0.15, 0.2) is 24.5 Å². The maximum absolute atomic E-state index is 5.56. The van der Waals surface area contributed by atoms with Gasteiger partial charge >= 0.3 is 0 Å². The number of anilines is 1. The molecule has 0 radical (unpaired) electrons. The summed E-state index contributed by atoms with van der Waals surface area (Å²) >= 11 is 5.00. The van der Waals surface area contributed by atoms with E-state index in [0.29, 0.717) is 4.99 Å². The summed E-state index contributed by atoms with van der Waals surface area (Å²) in [6, 6.07) is 3.61. The molecule has 0 aromatic carbocycles. The lowest BCUT2D eigenvalue weighted by Crippen LogP contribution is -2.30. The van der Waals surface area contributed by atoms with Crippen LogP contribution in [0.25, 0.3) is 0 Å². The molecule has 12 heavy (non-hydrogen) atoms. The molecule has 1 aromatic rings. The van der Waals surface area contributed by atoms with Gasteiger partial charge in [-0.05, 0) is 19.1 Å². The molecule has 0 amide bonds. The monoisotopic (exact) mass is 181 g/mol. The van der Waals surface area contributed by atoms with E-state index in [-0.39, 0.29) is 6.04 Å². The predicted molar refractivity (Wildman–Crippen MR) is 54.1 cm³/mol. The third kappa shape index (κ3) is 2.56. The van der Waals surface area contributed by atoms with E-state index < -0.39 is 0 Å². The van der Waals surface area contributed by atoms with Crippen LogP contribution in [0.1, 0.15) is 6.92 Å².